The first-order chi connectivity index (χ1) is 15.2. The van der Waals surface area contributed by atoms with E-state index in [4.69, 9.17) is 14.5 Å². The van der Waals surface area contributed by atoms with Crippen LogP contribution in [0.3, 0.4) is 0 Å². The Morgan fingerprint density at radius 3 is 2.84 bits per heavy atom. The predicted molar refractivity (Wildman–Crippen MR) is 125 cm³/mol. The highest BCUT2D eigenvalue weighted by atomic mass is 32.1. The van der Waals surface area contributed by atoms with Crippen molar-refractivity contribution in [2.24, 2.45) is 0 Å². The zero-order chi connectivity index (χ0) is 21.2. The van der Waals surface area contributed by atoms with Crippen LogP contribution < -0.4 is 9.64 Å². The summed E-state index contributed by atoms with van der Waals surface area (Å²) in [5.41, 5.74) is 1.45. The summed E-state index contributed by atoms with van der Waals surface area (Å²) < 4.78 is 12.6. The van der Waals surface area contributed by atoms with Gasteiger partial charge in [0.15, 0.2) is 5.13 Å². The normalized spacial score (nSPS) is 16.1. The van der Waals surface area contributed by atoms with Gasteiger partial charge in [-0.3, -0.25) is 9.69 Å². The van der Waals surface area contributed by atoms with E-state index < -0.39 is 0 Å². The number of nitrogens with zero attached hydrogens (tertiary/aromatic N) is 2. The van der Waals surface area contributed by atoms with E-state index in [2.05, 4.69) is 6.07 Å². The van der Waals surface area contributed by atoms with Crippen molar-refractivity contribution in [1.29, 1.82) is 0 Å². The number of para-hydroxylation sites is 1. The molecule has 0 N–H and O–H groups in total. The van der Waals surface area contributed by atoms with Gasteiger partial charge in [-0.2, -0.15) is 0 Å². The van der Waals surface area contributed by atoms with Gasteiger partial charge in [0.2, 0.25) is 0 Å². The molecule has 4 aromatic rings. The number of benzene rings is 3. The average molecular weight is 433 g/mol. The van der Waals surface area contributed by atoms with Crippen LogP contribution in [0.5, 0.6) is 5.75 Å². The Labute approximate surface area is 185 Å². The van der Waals surface area contributed by atoms with Gasteiger partial charge in [0, 0.05) is 12.2 Å². The molecule has 1 unspecified atom stereocenters. The van der Waals surface area contributed by atoms with Gasteiger partial charge in [-0.15, -0.1) is 0 Å². The summed E-state index contributed by atoms with van der Waals surface area (Å²) >= 11 is 1.51. The van der Waals surface area contributed by atoms with Gasteiger partial charge < -0.3 is 9.47 Å². The summed E-state index contributed by atoms with van der Waals surface area (Å²) in [7, 11) is 0. The lowest BCUT2D eigenvalue weighted by atomic mass is 10.1. The van der Waals surface area contributed by atoms with Gasteiger partial charge in [-0.25, -0.2) is 4.98 Å². The number of carbonyl (C=O) groups excluding carboxylic acids is 1. The van der Waals surface area contributed by atoms with E-state index in [0.717, 1.165) is 46.2 Å². The minimum atomic E-state index is -0.0572. The van der Waals surface area contributed by atoms with Crippen LogP contribution >= 0.6 is 11.3 Å². The first-order valence-corrected chi connectivity index (χ1v) is 11.5. The summed E-state index contributed by atoms with van der Waals surface area (Å²) in [5.74, 6) is 0.691. The minimum Gasteiger partial charge on any atom is -0.492 e. The highest BCUT2D eigenvalue weighted by molar-refractivity contribution is 7.22. The van der Waals surface area contributed by atoms with Crippen LogP contribution in [0.4, 0.5) is 5.13 Å². The molecule has 0 bridgehead atoms. The Morgan fingerprint density at radius 1 is 1.16 bits per heavy atom. The van der Waals surface area contributed by atoms with E-state index in [1.807, 2.05) is 61.5 Å². The lowest BCUT2D eigenvalue weighted by Crippen LogP contribution is -2.37. The third-order valence-corrected chi connectivity index (χ3v) is 6.60. The molecule has 1 aromatic heterocycles. The summed E-state index contributed by atoms with van der Waals surface area (Å²) in [6.45, 7) is 3.77. The van der Waals surface area contributed by atoms with Crippen molar-refractivity contribution in [2.45, 2.75) is 25.9 Å². The van der Waals surface area contributed by atoms with Crippen molar-refractivity contribution in [3.8, 4) is 5.75 Å². The van der Waals surface area contributed by atoms with E-state index in [0.29, 0.717) is 23.8 Å². The van der Waals surface area contributed by atoms with E-state index in [9.17, 15) is 4.79 Å². The second-order valence-electron chi connectivity index (χ2n) is 7.65. The molecule has 31 heavy (non-hydrogen) atoms. The van der Waals surface area contributed by atoms with Crippen molar-refractivity contribution in [3.63, 3.8) is 0 Å². The van der Waals surface area contributed by atoms with Crippen LogP contribution in [0.25, 0.3) is 21.0 Å². The molecule has 1 aliphatic heterocycles. The Balaban J connectivity index is 1.55. The fourth-order valence-corrected chi connectivity index (χ4v) is 5.01. The molecular weight excluding hydrogens is 408 g/mol. The molecule has 6 heteroatoms. The molecule has 0 aliphatic carbocycles. The first kappa shape index (κ1) is 20.0. The number of carbonyl (C=O) groups is 1. The lowest BCUT2D eigenvalue weighted by molar-refractivity contribution is 0.0917. The highest BCUT2D eigenvalue weighted by Crippen LogP contribution is 2.35. The Hall–Kier alpha value is -2.96. The fourth-order valence-electron chi connectivity index (χ4n) is 4.02. The third-order valence-electron chi connectivity index (χ3n) is 5.55. The molecule has 1 aliphatic rings. The number of ether oxygens (including phenoxy) is 2. The number of rotatable bonds is 6. The van der Waals surface area contributed by atoms with E-state index >= 15 is 0 Å². The molecule has 5 nitrogen and oxygen atoms in total. The van der Waals surface area contributed by atoms with Gasteiger partial charge in [0.25, 0.3) is 5.91 Å². The van der Waals surface area contributed by atoms with Crippen molar-refractivity contribution >= 4 is 43.4 Å². The second kappa shape index (κ2) is 8.65. The van der Waals surface area contributed by atoms with Gasteiger partial charge in [0.05, 0.1) is 24.0 Å². The molecule has 1 saturated heterocycles. The van der Waals surface area contributed by atoms with E-state index in [1.165, 1.54) is 11.3 Å². The van der Waals surface area contributed by atoms with Crippen LogP contribution in [-0.4, -0.2) is 36.8 Å². The van der Waals surface area contributed by atoms with Crippen molar-refractivity contribution in [3.05, 3.63) is 66.2 Å². The third kappa shape index (κ3) is 4.01. The standard InChI is InChI=1S/C25H24N2O3S/c1-2-29-21-10-5-11-22-23(21)26-25(31-22)27(16-20-9-6-14-30-20)24(28)19-13-12-17-7-3-4-8-18(17)15-19/h3-5,7-8,10-13,15,20H,2,6,9,14,16H2,1H3. The number of hydrogen-bond acceptors (Lipinski definition) is 5. The number of amides is 1. The maximum Gasteiger partial charge on any atom is 0.260 e. The second-order valence-corrected chi connectivity index (χ2v) is 8.65. The number of aromatic nitrogens is 1. The van der Waals surface area contributed by atoms with Crippen LogP contribution in [0.1, 0.15) is 30.1 Å². The van der Waals surface area contributed by atoms with E-state index in [-0.39, 0.29) is 12.0 Å². The van der Waals surface area contributed by atoms with Crippen molar-refractivity contribution < 1.29 is 14.3 Å². The molecular formula is C25H24N2O3S. The zero-order valence-corrected chi connectivity index (χ0v) is 18.2. The molecule has 1 fully saturated rings. The van der Waals surface area contributed by atoms with Gasteiger partial charge in [-0.1, -0.05) is 47.7 Å². The van der Waals surface area contributed by atoms with E-state index in [1.54, 1.807) is 4.90 Å². The quantitative estimate of drug-likeness (QED) is 0.394. The maximum absolute atomic E-state index is 13.7. The largest absolute Gasteiger partial charge is 0.492 e. The van der Waals surface area contributed by atoms with Crippen LogP contribution in [0.2, 0.25) is 0 Å². The topological polar surface area (TPSA) is 51.7 Å². The van der Waals surface area contributed by atoms with Crippen LogP contribution in [0, 0.1) is 0 Å². The van der Waals surface area contributed by atoms with Crippen LogP contribution in [-0.2, 0) is 4.74 Å². The molecule has 1 atom stereocenters. The first-order valence-electron chi connectivity index (χ1n) is 10.7. The van der Waals surface area contributed by atoms with Crippen molar-refractivity contribution in [1.82, 2.24) is 4.98 Å². The summed E-state index contributed by atoms with van der Waals surface area (Å²) in [6.07, 6.45) is 2.01. The summed E-state index contributed by atoms with van der Waals surface area (Å²) in [5, 5.41) is 2.84. The van der Waals surface area contributed by atoms with Gasteiger partial charge in [-0.05, 0) is 54.8 Å². The lowest BCUT2D eigenvalue weighted by Gasteiger charge is -2.23. The minimum absolute atomic E-state index is 0.0304. The van der Waals surface area contributed by atoms with Crippen molar-refractivity contribution in [2.75, 3.05) is 24.7 Å². The number of hydrogen-bond donors (Lipinski definition) is 0. The SMILES string of the molecule is CCOc1cccc2sc(N(CC3CCCO3)C(=O)c3ccc4ccccc4c3)nc12. The molecule has 0 spiro atoms. The molecule has 0 radical (unpaired) electrons. The fraction of sp³-hybridized carbons (Fsp3) is 0.280. The number of fused-ring (bicyclic) bond motifs is 2. The molecule has 3 aromatic carbocycles. The monoisotopic (exact) mass is 432 g/mol. The smallest absolute Gasteiger partial charge is 0.260 e. The molecule has 5 rings (SSSR count). The number of anilines is 1. The molecule has 0 saturated carbocycles. The summed E-state index contributed by atoms with van der Waals surface area (Å²) in [6, 6.07) is 19.8. The molecule has 158 valence electrons. The zero-order valence-electron chi connectivity index (χ0n) is 17.4. The van der Waals surface area contributed by atoms with Gasteiger partial charge >= 0.3 is 0 Å². The number of thiazole rings is 1. The predicted octanol–water partition coefficient (Wildman–Crippen LogP) is 5.67. The Kier molecular flexibility index (Phi) is 5.57. The Bertz CT molecular complexity index is 1230. The Morgan fingerprint density at radius 2 is 2.03 bits per heavy atom. The summed E-state index contributed by atoms with van der Waals surface area (Å²) in [4.78, 5) is 20.3. The average Bonchev–Trinajstić information content (AvgIpc) is 3.47. The maximum atomic E-state index is 13.7. The van der Waals surface area contributed by atoms with Gasteiger partial charge in [0.1, 0.15) is 11.3 Å². The molecule has 2 heterocycles. The van der Waals surface area contributed by atoms with Crippen LogP contribution in [0.15, 0.2) is 60.7 Å². The highest BCUT2D eigenvalue weighted by Gasteiger charge is 2.27. The molecule has 1 amide bonds.